The third-order valence-corrected chi connectivity index (χ3v) is 17.7. The van der Waals surface area contributed by atoms with Crippen LogP contribution in [0.5, 0.6) is 0 Å². The molecule has 3 aromatic heterocycles. The first-order chi connectivity index (χ1) is 33.0. The Morgan fingerprint density at radius 1 is 0.522 bits per heavy atom. The normalized spacial score (nSPS) is 17.0. The number of benzene rings is 8. The Morgan fingerprint density at radius 2 is 1.19 bits per heavy atom. The molecule has 0 unspecified atom stereocenters. The number of fused-ring (bicyclic) bond motifs is 18. The van der Waals surface area contributed by atoms with Crippen LogP contribution in [0, 0.1) is 6.92 Å². The second kappa shape index (κ2) is 12.6. The molecule has 2 aliphatic carbocycles. The monoisotopic (exact) mass is 894 g/mol. The zero-order valence-corrected chi connectivity index (χ0v) is 41.3. The predicted octanol–water partition coefficient (Wildman–Crippen LogP) is 16.1. The van der Waals surface area contributed by atoms with Gasteiger partial charge in [-0.25, -0.2) is 0 Å². The first-order valence-corrected chi connectivity index (χ1v) is 25.1. The van der Waals surface area contributed by atoms with Crippen LogP contribution < -0.4 is 15.7 Å². The lowest BCUT2D eigenvalue weighted by Gasteiger charge is -2.42. The van der Waals surface area contributed by atoms with Crippen molar-refractivity contribution in [3.63, 3.8) is 0 Å². The zero-order chi connectivity index (χ0) is 47.0. The largest absolute Gasteiger partial charge is 0.456 e. The standard InChI is InChI=1S/C64H55BN2O2/c1-34-25-44-40-26-42-43-28-48-49(63(7,8)24-23-62(48,5)6)31-55(43)69-57(42)33-52(40)67(36-21-19-35(20-22-36)61(2,3)4)65-50-30-47-39(37-15-11-13-17-46(37)64(47,9)10)29-53(50)66-51-32-56-41(38-16-12-14-18-54(38)68-56)27-45(51)58(34)60(66)59(44)65/h11-22,25-33H,23-24H2,1-10H3. The van der Waals surface area contributed by atoms with Crippen LogP contribution in [0.3, 0.4) is 0 Å². The van der Waals surface area contributed by atoms with Crippen LogP contribution in [0.4, 0.5) is 11.4 Å². The average Bonchev–Trinajstić information content (AvgIpc) is 4.04. The Labute approximate surface area is 403 Å². The van der Waals surface area contributed by atoms with Gasteiger partial charge in [-0.05, 0) is 146 Å². The van der Waals surface area contributed by atoms with E-state index >= 15 is 0 Å². The summed E-state index contributed by atoms with van der Waals surface area (Å²) in [5.41, 5.74) is 25.9. The van der Waals surface area contributed by atoms with E-state index < -0.39 is 0 Å². The molecule has 0 N–H and O–H groups in total. The first kappa shape index (κ1) is 40.0. The molecule has 69 heavy (non-hydrogen) atoms. The van der Waals surface area contributed by atoms with Crippen LogP contribution in [-0.4, -0.2) is 11.4 Å². The van der Waals surface area contributed by atoms with E-state index in [-0.39, 0.29) is 28.5 Å². The Hall–Kier alpha value is -6.98. The maximum Gasteiger partial charge on any atom is 0.333 e. The van der Waals surface area contributed by atoms with Crippen LogP contribution in [0.15, 0.2) is 136 Å². The number of aryl methyl sites for hydroxylation is 1. The van der Waals surface area contributed by atoms with E-state index in [1.165, 1.54) is 123 Å². The summed E-state index contributed by atoms with van der Waals surface area (Å²) in [4.78, 5) is 2.67. The van der Waals surface area contributed by atoms with Crippen LogP contribution in [0.25, 0.3) is 93.6 Å². The Bertz CT molecular complexity index is 4160. The van der Waals surface area contributed by atoms with Gasteiger partial charge in [-0.1, -0.05) is 129 Å². The van der Waals surface area contributed by atoms with Crippen molar-refractivity contribution in [2.75, 3.05) is 4.81 Å². The van der Waals surface area contributed by atoms with E-state index in [2.05, 4.69) is 206 Å². The van der Waals surface area contributed by atoms with Gasteiger partial charge in [-0.15, -0.1) is 0 Å². The quantitative estimate of drug-likeness (QED) is 0.154. The van der Waals surface area contributed by atoms with E-state index in [4.69, 9.17) is 8.83 Å². The molecule has 8 aromatic carbocycles. The van der Waals surface area contributed by atoms with Gasteiger partial charge >= 0.3 is 6.85 Å². The molecule has 15 rings (SSSR count). The summed E-state index contributed by atoms with van der Waals surface area (Å²) in [6, 6.07) is 49.2. The summed E-state index contributed by atoms with van der Waals surface area (Å²) in [7, 11) is 0. The van der Waals surface area contributed by atoms with Crippen LogP contribution in [0.2, 0.25) is 0 Å². The van der Waals surface area contributed by atoms with Gasteiger partial charge in [-0.3, -0.25) is 0 Å². The summed E-state index contributed by atoms with van der Waals surface area (Å²) in [6.45, 7) is 23.6. The van der Waals surface area contributed by atoms with Gasteiger partial charge in [-0.2, -0.15) is 0 Å². The molecule has 5 heteroatoms. The fourth-order valence-corrected chi connectivity index (χ4v) is 13.8. The van der Waals surface area contributed by atoms with Crippen molar-refractivity contribution in [1.82, 2.24) is 4.57 Å². The Morgan fingerprint density at radius 3 is 1.97 bits per heavy atom. The molecule has 4 aliphatic rings. The molecular formula is C64H55BN2O2. The number of nitrogens with zero attached hydrogens (tertiary/aromatic N) is 2. The van der Waals surface area contributed by atoms with Crippen molar-refractivity contribution in [3.05, 3.63) is 161 Å². The van der Waals surface area contributed by atoms with Crippen molar-refractivity contribution in [1.29, 1.82) is 0 Å². The molecular weight excluding hydrogens is 840 g/mol. The molecule has 0 amide bonds. The molecule has 0 bridgehead atoms. The van der Waals surface area contributed by atoms with Crippen molar-refractivity contribution in [2.45, 2.75) is 104 Å². The molecule has 0 radical (unpaired) electrons. The smallest absolute Gasteiger partial charge is 0.333 e. The minimum absolute atomic E-state index is 0.0153. The molecule has 0 spiro atoms. The summed E-state index contributed by atoms with van der Waals surface area (Å²) in [5, 5.41) is 7.27. The highest BCUT2D eigenvalue weighted by molar-refractivity contribution is 6.93. The highest BCUT2D eigenvalue weighted by Gasteiger charge is 2.47. The number of anilines is 2. The average molecular weight is 895 g/mol. The summed E-state index contributed by atoms with van der Waals surface area (Å²) >= 11 is 0. The minimum atomic E-state index is -0.180. The minimum Gasteiger partial charge on any atom is -0.456 e. The van der Waals surface area contributed by atoms with Gasteiger partial charge in [0.15, 0.2) is 0 Å². The maximum atomic E-state index is 7.11. The van der Waals surface area contributed by atoms with Gasteiger partial charge in [0, 0.05) is 72.5 Å². The number of para-hydroxylation sites is 1. The third-order valence-electron chi connectivity index (χ3n) is 17.7. The molecule has 4 nitrogen and oxygen atoms in total. The van der Waals surface area contributed by atoms with Crippen LogP contribution in [-0.2, 0) is 21.7 Å². The highest BCUT2D eigenvalue weighted by Crippen LogP contribution is 2.54. The molecule has 0 fully saturated rings. The van der Waals surface area contributed by atoms with E-state index in [1.54, 1.807) is 0 Å². The number of furan rings is 2. The third kappa shape index (κ3) is 5.01. The van der Waals surface area contributed by atoms with Gasteiger partial charge in [0.25, 0.3) is 0 Å². The van der Waals surface area contributed by atoms with Gasteiger partial charge < -0.3 is 18.2 Å². The molecule has 5 heterocycles. The number of rotatable bonds is 1. The molecule has 0 atom stereocenters. The second-order valence-electron chi connectivity index (χ2n) is 24.0. The van der Waals surface area contributed by atoms with Crippen molar-refractivity contribution >= 4 is 94.8 Å². The van der Waals surface area contributed by atoms with Crippen molar-refractivity contribution < 1.29 is 8.83 Å². The van der Waals surface area contributed by atoms with Crippen molar-refractivity contribution in [2.24, 2.45) is 0 Å². The summed E-state index contributed by atoms with van der Waals surface area (Å²) in [6.07, 6.45) is 2.33. The number of hydrogen-bond donors (Lipinski definition) is 0. The Kier molecular flexibility index (Phi) is 7.31. The van der Waals surface area contributed by atoms with E-state index in [1.807, 2.05) is 0 Å². The number of hydrogen-bond acceptors (Lipinski definition) is 3. The zero-order valence-electron chi connectivity index (χ0n) is 41.3. The topological polar surface area (TPSA) is 34.5 Å². The lowest BCUT2D eigenvalue weighted by molar-refractivity contribution is 0.332. The second-order valence-corrected chi connectivity index (χ2v) is 24.0. The highest BCUT2D eigenvalue weighted by atomic mass is 16.3. The van der Waals surface area contributed by atoms with Gasteiger partial charge in [0.05, 0.1) is 11.0 Å². The van der Waals surface area contributed by atoms with E-state index in [0.717, 1.165) is 39.5 Å². The van der Waals surface area contributed by atoms with Gasteiger partial charge in [0.2, 0.25) is 0 Å². The fourth-order valence-electron chi connectivity index (χ4n) is 13.8. The lowest BCUT2D eigenvalue weighted by atomic mass is 9.43. The number of aromatic nitrogens is 1. The van der Waals surface area contributed by atoms with E-state index in [9.17, 15) is 0 Å². The molecule has 336 valence electrons. The lowest BCUT2D eigenvalue weighted by Crippen LogP contribution is -2.60. The Balaban J connectivity index is 1.10. The first-order valence-electron chi connectivity index (χ1n) is 25.1. The van der Waals surface area contributed by atoms with Crippen LogP contribution in [0.1, 0.15) is 109 Å². The summed E-state index contributed by atoms with van der Waals surface area (Å²) < 4.78 is 16.4. The molecule has 0 saturated carbocycles. The maximum absolute atomic E-state index is 7.11. The predicted molar refractivity (Wildman–Crippen MR) is 291 cm³/mol. The molecule has 11 aromatic rings. The fraction of sp³-hybridized carbons (Fsp3) is 0.250. The van der Waals surface area contributed by atoms with Gasteiger partial charge in [0.1, 0.15) is 22.3 Å². The van der Waals surface area contributed by atoms with Crippen molar-refractivity contribution in [3.8, 4) is 27.9 Å². The summed E-state index contributed by atoms with van der Waals surface area (Å²) in [5.74, 6) is 0. The SMILES string of the molecule is Cc1cc2c3c4c1c1cc5c(cc1n4-c1cc4c(cc1B3N(c1ccc(C(C)(C)C)cc1)c1cc3oc6cc7c(cc6c3cc1-2)C(C)(C)CCC7(C)C)C(C)(C)c1ccccc1-4)oc1ccccc15. The van der Waals surface area contributed by atoms with E-state index in [0.29, 0.717) is 0 Å². The van der Waals surface area contributed by atoms with Crippen LogP contribution >= 0.6 is 0 Å². The molecule has 2 aliphatic heterocycles. The molecule has 0 saturated heterocycles.